The van der Waals surface area contributed by atoms with Crippen LogP contribution in [0.4, 0.5) is 0 Å². The van der Waals surface area contributed by atoms with Crippen LogP contribution in [0, 0.1) is 0 Å². The molecule has 4 rings (SSSR count). The van der Waals surface area contributed by atoms with Gasteiger partial charge in [-0.3, -0.25) is 14.3 Å². The van der Waals surface area contributed by atoms with Gasteiger partial charge in [0.2, 0.25) is 0 Å². The smallest absolute Gasteiger partial charge is 0.326 e. The molecule has 2 heterocycles. The third kappa shape index (κ3) is 3.75. The molecule has 2 aromatic heterocycles. The number of H-pyrrole nitrogens is 1. The highest BCUT2D eigenvalue weighted by atomic mass is 16.5. The Morgan fingerprint density at radius 1 is 1.14 bits per heavy atom. The Morgan fingerprint density at radius 2 is 1.97 bits per heavy atom. The first kappa shape index (κ1) is 18.5. The van der Waals surface area contributed by atoms with E-state index in [-0.39, 0.29) is 11.6 Å². The van der Waals surface area contributed by atoms with Gasteiger partial charge in [-0.05, 0) is 42.5 Å². The van der Waals surface area contributed by atoms with Gasteiger partial charge in [0.15, 0.2) is 0 Å². The summed E-state index contributed by atoms with van der Waals surface area (Å²) in [5, 5.41) is 2.87. The maximum Gasteiger partial charge on any atom is 0.326 e. The summed E-state index contributed by atoms with van der Waals surface area (Å²) in [7, 11) is 1.58. The van der Waals surface area contributed by atoms with Gasteiger partial charge in [-0.1, -0.05) is 18.2 Å². The van der Waals surface area contributed by atoms with Crippen molar-refractivity contribution in [1.82, 2.24) is 19.9 Å². The standard InChI is InChI=1S/C22H20N4O3/c1-29-20-10-9-15(14-16(20)17-6-4-5-11-23-17)21(27)24-12-13-26-19-8-3-2-7-18(19)25-22(26)28/h2-11,14H,12-13H2,1H3,(H,24,27)(H,25,28). The van der Waals surface area contributed by atoms with Gasteiger partial charge in [-0.25, -0.2) is 4.79 Å². The topological polar surface area (TPSA) is 89.0 Å². The average Bonchev–Trinajstić information content (AvgIpc) is 3.09. The number of hydrogen-bond acceptors (Lipinski definition) is 4. The van der Waals surface area contributed by atoms with E-state index in [1.54, 1.807) is 36.1 Å². The Bertz CT molecular complexity index is 1210. The fraction of sp³-hybridized carbons (Fsp3) is 0.136. The van der Waals surface area contributed by atoms with Gasteiger partial charge < -0.3 is 15.0 Å². The molecular weight excluding hydrogens is 368 g/mol. The van der Waals surface area contributed by atoms with Gasteiger partial charge in [0.05, 0.1) is 23.8 Å². The Kier molecular flexibility index (Phi) is 5.11. The Balaban J connectivity index is 1.50. The minimum atomic E-state index is -0.224. The van der Waals surface area contributed by atoms with E-state index in [4.69, 9.17) is 4.74 Å². The molecule has 4 aromatic rings. The van der Waals surface area contributed by atoms with Crippen LogP contribution in [0.3, 0.4) is 0 Å². The number of aromatic amines is 1. The molecule has 0 radical (unpaired) electrons. The first-order valence-electron chi connectivity index (χ1n) is 9.22. The Hall–Kier alpha value is -3.87. The second-order valence-corrected chi connectivity index (χ2v) is 6.48. The van der Waals surface area contributed by atoms with Crippen molar-refractivity contribution in [3.63, 3.8) is 0 Å². The third-order valence-corrected chi connectivity index (χ3v) is 4.71. The normalized spacial score (nSPS) is 10.8. The zero-order valence-electron chi connectivity index (χ0n) is 15.9. The van der Waals surface area contributed by atoms with Gasteiger partial charge in [0, 0.05) is 30.4 Å². The SMILES string of the molecule is COc1ccc(C(=O)NCCn2c(=O)[nH]c3ccccc32)cc1-c1ccccn1. The number of nitrogens with zero attached hydrogens (tertiary/aromatic N) is 2. The van der Waals surface area contributed by atoms with Crippen molar-refractivity contribution in [2.45, 2.75) is 6.54 Å². The van der Waals surface area contributed by atoms with Crippen LogP contribution in [0.25, 0.3) is 22.3 Å². The number of fused-ring (bicyclic) bond motifs is 1. The van der Waals surface area contributed by atoms with Crippen molar-refractivity contribution in [2.24, 2.45) is 0 Å². The zero-order valence-corrected chi connectivity index (χ0v) is 15.9. The van der Waals surface area contributed by atoms with E-state index in [9.17, 15) is 9.59 Å². The number of carbonyl (C=O) groups is 1. The molecule has 0 spiro atoms. The van der Waals surface area contributed by atoms with Gasteiger partial charge in [-0.15, -0.1) is 0 Å². The first-order valence-corrected chi connectivity index (χ1v) is 9.22. The van der Waals surface area contributed by atoms with Gasteiger partial charge >= 0.3 is 5.69 Å². The quantitative estimate of drug-likeness (QED) is 0.532. The molecule has 7 heteroatoms. The summed E-state index contributed by atoms with van der Waals surface area (Å²) < 4.78 is 7.02. The number of methoxy groups -OCH3 is 1. The molecule has 0 aliphatic heterocycles. The van der Waals surface area contributed by atoms with E-state index in [1.165, 1.54) is 0 Å². The van der Waals surface area contributed by atoms with Crippen molar-refractivity contribution in [2.75, 3.05) is 13.7 Å². The van der Waals surface area contributed by atoms with Crippen LogP contribution in [-0.4, -0.2) is 34.1 Å². The van der Waals surface area contributed by atoms with Crippen molar-refractivity contribution in [3.05, 3.63) is 82.9 Å². The molecule has 2 N–H and O–H groups in total. The van der Waals surface area contributed by atoms with Crippen molar-refractivity contribution in [3.8, 4) is 17.0 Å². The molecule has 0 bridgehead atoms. The van der Waals surface area contributed by atoms with Crippen LogP contribution in [0.2, 0.25) is 0 Å². The molecule has 1 amide bonds. The van der Waals surface area contributed by atoms with E-state index in [2.05, 4.69) is 15.3 Å². The summed E-state index contributed by atoms with van der Waals surface area (Å²) in [4.78, 5) is 31.9. The predicted octanol–water partition coefficient (Wildman–Crippen LogP) is 2.83. The molecule has 7 nitrogen and oxygen atoms in total. The number of nitrogens with one attached hydrogen (secondary N) is 2. The Labute approximate surface area is 167 Å². The fourth-order valence-electron chi connectivity index (χ4n) is 3.28. The molecule has 0 saturated carbocycles. The maximum atomic E-state index is 12.6. The molecule has 0 fully saturated rings. The lowest BCUT2D eigenvalue weighted by atomic mass is 10.1. The van der Waals surface area contributed by atoms with E-state index in [0.717, 1.165) is 22.3 Å². The Morgan fingerprint density at radius 3 is 2.76 bits per heavy atom. The van der Waals surface area contributed by atoms with Crippen molar-refractivity contribution >= 4 is 16.9 Å². The van der Waals surface area contributed by atoms with E-state index in [1.807, 2.05) is 42.5 Å². The van der Waals surface area contributed by atoms with E-state index >= 15 is 0 Å². The predicted molar refractivity (Wildman–Crippen MR) is 111 cm³/mol. The van der Waals surface area contributed by atoms with Crippen molar-refractivity contribution in [1.29, 1.82) is 0 Å². The molecule has 0 unspecified atom stereocenters. The second-order valence-electron chi connectivity index (χ2n) is 6.48. The van der Waals surface area contributed by atoms with Gasteiger partial charge in [0.1, 0.15) is 5.75 Å². The number of rotatable bonds is 6. The minimum absolute atomic E-state index is 0.192. The highest BCUT2D eigenvalue weighted by Gasteiger charge is 2.13. The number of hydrogen-bond donors (Lipinski definition) is 2. The lowest BCUT2D eigenvalue weighted by Gasteiger charge is -2.11. The van der Waals surface area contributed by atoms with Crippen LogP contribution >= 0.6 is 0 Å². The van der Waals surface area contributed by atoms with Crippen LogP contribution < -0.4 is 15.7 Å². The number of pyridine rings is 1. The summed E-state index contributed by atoms with van der Waals surface area (Å²) in [5.74, 6) is 0.420. The lowest BCUT2D eigenvalue weighted by Crippen LogP contribution is -2.30. The number of aromatic nitrogens is 3. The third-order valence-electron chi connectivity index (χ3n) is 4.71. The number of para-hydroxylation sites is 2. The number of imidazole rings is 1. The second kappa shape index (κ2) is 8.02. The van der Waals surface area contributed by atoms with Crippen LogP contribution in [0.5, 0.6) is 5.75 Å². The summed E-state index contributed by atoms with van der Waals surface area (Å²) in [6.45, 7) is 0.698. The monoisotopic (exact) mass is 388 g/mol. The van der Waals surface area contributed by atoms with Crippen LogP contribution in [0.1, 0.15) is 10.4 Å². The number of amides is 1. The number of carbonyl (C=O) groups excluding carboxylic acids is 1. The average molecular weight is 388 g/mol. The lowest BCUT2D eigenvalue weighted by molar-refractivity contribution is 0.0952. The molecule has 0 aliphatic carbocycles. The van der Waals surface area contributed by atoms with Crippen LogP contribution in [0.15, 0.2) is 71.7 Å². The number of ether oxygens (including phenoxy) is 1. The van der Waals surface area contributed by atoms with Gasteiger partial charge in [-0.2, -0.15) is 0 Å². The summed E-state index contributed by atoms with van der Waals surface area (Å²) in [6.07, 6.45) is 1.69. The number of benzene rings is 2. The zero-order chi connectivity index (χ0) is 20.2. The summed E-state index contributed by atoms with van der Waals surface area (Å²) in [5.41, 5.74) is 3.37. The minimum Gasteiger partial charge on any atom is -0.496 e. The molecule has 0 saturated heterocycles. The first-order chi connectivity index (χ1) is 14.2. The summed E-state index contributed by atoms with van der Waals surface area (Å²) in [6, 6.07) is 18.3. The highest BCUT2D eigenvalue weighted by molar-refractivity contribution is 5.96. The fourth-order valence-corrected chi connectivity index (χ4v) is 3.28. The van der Waals surface area contributed by atoms with E-state index < -0.39 is 0 Å². The molecular formula is C22H20N4O3. The largest absolute Gasteiger partial charge is 0.496 e. The molecule has 29 heavy (non-hydrogen) atoms. The van der Waals surface area contributed by atoms with Gasteiger partial charge in [0.25, 0.3) is 5.91 Å². The molecule has 2 aromatic carbocycles. The highest BCUT2D eigenvalue weighted by Crippen LogP contribution is 2.29. The summed E-state index contributed by atoms with van der Waals surface area (Å²) >= 11 is 0. The van der Waals surface area contributed by atoms with Crippen LogP contribution in [-0.2, 0) is 6.54 Å². The maximum absolute atomic E-state index is 12.6. The molecule has 146 valence electrons. The molecule has 0 atom stereocenters. The molecule has 0 aliphatic rings. The van der Waals surface area contributed by atoms with E-state index in [0.29, 0.717) is 24.4 Å². The van der Waals surface area contributed by atoms with Crippen molar-refractivity contribution < 1.29 is 9.53 Å².